The van der Waals surface area contributed by atoms with Crippen LogP contribution in [0.15, 0.2) is 79.1 Å². The Morgan fingerprint density at radius 2 is 1.63 bits per heavy atom. The Labute approximate surface area is 223 Å². The fourth-order valence-electron chi connectivity index (χ4n) is 5.12. The van der Waals surface area contributed by atoms with Crippen molar-refractivity contribution in [1.82, 2.24) is 14.7 Å². The van der Waals surface area contributed by atoms with Crippen molar-refractivity contribution in [3.05, 3.63) is 113 Å². The number of ketones is 1. The number of nitrogens with zero attached hydrogens (tertiary/aromatic N) is 4. The Hall–Kier alpha value is -4.50. The lowest BCUT2D eigenvalue weighted by atomic mass is 9.88. The van der Waals surface area contributed by atoms with Crippen LogP contribution in [0.4, 0.5) is 0 Å². The minimum absolute atomic E-state index is 0.0162. The van der Waals surface area contributed by atoms with Crippen LogP contribution in [0.25, 0.3) is 11.1 Å². The first-order valence-electron chi connectivity index (χ1n) is 12.9. The summed E-state index contributed by atoms with van der Waals surface area (Å²) in [4.78, 5) is 28.1. The number of hydrogen-bond donors (Lipinski definition) is 0. The second kappa shape index (κ2) is 10.9. The third-order valence-corrected chi connectivity index (χ3v) is 7.49. The van der Waals surface area contributed by atoms with Gasteiger partial charge in [0, 0.05) is 49.4 Å². The largest absolute Gasteiger partial charge is 0.339 e. The normalized spacial score (nSPS) is 13.8. The first-order chi connectivity index (χ1) is 18.4. The lowest BCUT2D eigenvalue weighted by molar-refractivity contribution is 0.0712. The van der Waals surface area contributed by atoms with E-state index < -0.39 is 0 Å². The van der Waals surface area contributed by atoms with Gasteiger partial charge >= 0.3 is 0 Å². The Kier molecular flexibility index (Phi) is 7.19. The molecule has 3 aromatic carbocycles. The number of piperidine rings is 1. The highest BCUT2D eigenvalue weighted by Gasteiger charge is 2.25. The molecule has 0 aliphatic carbocycles. The topological polar surface area (TPSA) is 79.0 Å². The molecule has 38 heavy (non-hydrogen) atoms. The molecule has 1 amide bonds. The van der Waals surface area contributed by atoms with Gasteiger partial charge < -0.3 is 4.90 Å². The fourth-order valence-corrected chi connectivity index (χ4v) is 5.12. The second-order valence-electron chi connectivity index (χ2n) is 10.0. The summed E-state index contributed by atoms with van der Waals surface area (Å²) in [6.07, 6.45) is 5.95. The highest BCUT2D eigenvalue weighted by molar-refractivity contribution is 5.99. The summed E-state index contributed by atoms with van der Waals surface area (Å²) in [5.74, 6) is 0.417. The number of nitriles is 1. The second-order valence-corrected chi connectivity index (χ2v) is 10.0. The maximum Gasteiger partial charge on any atom is 0.253 e. The van der Waals surface area contributed by atoms with Crippen LogP contribution in [0.1, 0.15) is 61.7 Å². The van der Waals surface area contributed by atoms with Gasteiger partial charge in [-0.2, -0.15) is 10.4 Å². The SMILES string of the molecule is Cc1ccc(C(=O)N2CCC(c3ccc(-c4cnn(C)c4)cc3)CC2)cc1CC(=O)c1ccc(C#N)cc1. The highest BCUT2D eigenvalue weighted by atomic mass is 16.2. The van der Waals surface area contributed by atoms with Crippen molar-refractivity contribution in [2.45, 2.75) is 32.1 Å². The predicted molar refractivity (Wildman–Crippen MR) is 147 cm³/mol. The molecule has 0 atom stereocenters. The van der Waals surface area contributed by atoms with Gasteiger partial charge in [0.05, 0.1) is 17.8 Å². The molecule has 5 rings (SSSR count). The van der Waals surface area contributed by atoms with E-state index in [1.54, 1.807) is 28.9 Å². The number of carbonyl (C=O) groups is 2. The van der Waals surface area contributed by atoms with E-state index in [0.29, 0.717) is 35.7 Å². The van der Waals surface area contributed by atoms with Crippen LogP contribution in [-0.2, 0) is 13.5 Å². The predicted octanol–water partition coefficient (Wildman–Crippen LogP) is 5.71. The molecular formula is C32H30N4O2. The number of aryl methyl sites for hydroxylation is 2. The zero-order valence-corrected chi connectivity index (χ0v) is 21.7. The van der Waals surface area contributed by atoms with E-state index in [1.165, 1.54) is 5.56 Å². The van der Waals surface area contributed by atoms with Gasteiger partial charge in [-0.25, -0.2) is 0 Å². The maximum absolute atomic E-state index is 13.3. The average Bonchev–Trinajstić information content (AvgIpc) is 3.40. The smallest absolute Gasteiger partial charge is 0.253 e. The molecule has 0 saturated carbocycles. The number of Topliss-reactive ketones (excluding diaryl/α,β-unsaturated/α-hetero) is 1. The van der Waals surface area contributed by atoms with E-state index in [9.17, 15) is 9.59 Å². The van der Waals surface area contributed by atoms with E-state index in [2.05, 4.69) is 35.4 Å². The average molecular weight is 503 g/mol. The summed E-state index contributed by atoms with van der Waals surface area (Å²) in [6, 6.07) is 23.1. The van der Waals surface area contributed by atoms with Gasteiger partial charge in [-0.15, -0.1) is 0 Å². The van der Waals surface area contributed by atoms with Crippen LogP contribution < -0.4 is 0 Å². The Morgan fingerprint density at radius 1 is 0.947 bits per heavy atom. The Bertz CT molecular complexity index is 1500. The number of aromatic nitrogens is 2. The summed E-state index contributed by atoms with van der Waals surface area (Å²) in [5.41, 5.74) is 7.12. The van der Waals surface area contributed by atoms with Gasteiger partial charge in [-0.1, -0.05) is 42.5 Å². The molecule has 0 radical (unpaired) electrons. The molecule has 1 aliphatic rings. The minimum Gasteiger partial charge on any atom is -0.339 e. The quantitative estimate of drug-likeness (QED) is 0.316. The molecule has 2 heterocycles. The number of benzene rings is 3. The molecule has 0 N–H and O–H groups in total. The number of rotatable bonds is 6. The van der Waals surface area contributed by atoms with Crippen LogP contribution in [0, 0.1) is 18.3 Å². The fraction of sp³-hybridized carbons (Fsp3) is 0.250. The van der Waals surface area contributed by atoms with Crippen LogP contribution in [0.3, 0.4) is 0 Å². The highest BCUT2D eigenvalue weighted by Crippen LogP contribution is 2.30. The van der Waals surface area contributed by atoms with Crippen LogP contribution in [0.5, 0.6) is 0 Å². The maximum atomic E-state index is 13.3. The van der Waals surface area contributed by atoms with Gasteiger partial charge in [-0.3, -0.25) is 14.3 Å². The lowest BCUT2D eigenvalue weighted by Gasteiger charge is -2.32. The number of amides is 1. The van der Waals surface area contributed by atoms with Gasteiger partial charge in [0.15, 0.2) is 5.78 Å². The summed E-state index contributed by atoms with van der Waals surface area (Å²) in [6.45, 7) is 3.38. The first kappa shape index (κ1) is 25.2. The molecule has 1 fully saturated rings. The number of carbonyl (C=O) groups excluding carboxylic acids is 2. The zero-order chi connectivity index (χ0) is 26.6. The molecule has 0 spiro atoms. The Balaban J connectivity index is 1.21. The standard InChI is InChI=1S/C32H30N4O2/c1-22-3-6-28(17-29(22)18-31(37)27-7-4-23(19-33)5-8-27)32(38)36-15-13-26(14-16-36)24-9-11-25(12-10-24)30-20-34-35(2)21-30/h3-12,17,20-21,26H,13-16,18H2,1-2H3. The summed E-state index contributed by atoms with van der Waals surface area (Å²) in [7, 11) is 1.92. The van der Waals surface area contributed by atoms with Crippen molar-refractivity contribution in [2.75, 3.05) is 13.1 Å². The molecular weight excluding hydrogens is 472 g/mol. The monoisotopic (exact) mass is 502 g/mol. The van der Waals surface area contributed by atoms with Crippen molar-refractivity contribution in [1.29, 1.82) is 5.26 Å². The summed E-state index contributed by atoms with van der Waals surface area (Å²) in [5, 5.41) is 13.2. The van der Waals surface area contributed by atoms with Crippen LogP contribution in [0.2, 0.25) is 0 Å². The molecule has 190 valence electrons. The lowest BCUT2D eigenvalue weighted by Crippen LogP contribution is -2.38. The van der Waals surface area contributed by atoms with Crippen molar-refractivity contribution in [3.8, 4) is 17.2 Å². The summed E-state index contributed by atoms with van der Waals surface area (Å²) >= 11 is 0. The Morgan fingerprint density at radius 3 is 2.26 bits per heavy atom. The third kappa shape index (κ3) is 5.42. The molecule has 6 nitrogen and oxygen atoms in total. The molecule has 6 heteroatoms. The van der Waals surface area contributed by atoms with Crippen LogP contribution in [-0.4, -0.2) is 39.5 Å². The van der Waals surface area contributed by atoms with Crippen molar-refractivity contribution in [2.24, 2.45) is 7.05 Å². The molecule has 0 bridgehead atoms. The van der Waals surface area contributed by atoms with E-state index in [0.717, 1.165) is 35.1 Å². The number of likely N-dealkylation sites (tertiary alicyclic amines) is 1. The molecule has 1 saturated heterocycles. The van der Waals surface area contributed by atoms with Gasteiger partial charge in [0.1, 0.15) is 0 Å². The molecule has 1 aromatic heterocycles. The van der Waals surface area contributed by atoms with E-state index in [1.807, 2.05) is 49.5 Å². The van der Waals surface area contributed by atoms with Crippen molar-refractivity contribution in [3.63, 3.8) is 0 Å². The van der Waals surface area contributed by atoms with Gasteiger partial charge in [0.25, 0.3) is 5.91 Å². The summed E-state index contributed by atoms with van der Waals surface area (Å²) < 4.78 is 1.81. The van der Waals surface area contributed by atoms with Crippen molar-refractivity contribution < 1.29 is 9.59 Å². The molecule has 4 aromatic rings. The van der Waals surface area contributed by atoms with E-state index in [-0.39, 0.29) is 18.1 Å². The van der Waals surface area contributed by atoms with Crippen molar-refractivity contribution >= 4 is 11.7 Å². The van der Waals surface area contributed by atoms with Crippen LogP contribution >= 0.6 is 0 Å². The third-order valence-electron chi connectivity index (χ3n) is 7.49. The van der Waals surface area contributed by atoms with Gasteiger partial charge in [-0.05, 0) is 72.2 Å². The number of hydrogen-bond acceptors (Lipinski definition) is 4. The minimum atomic E-state index is -0.0300. The first-order valence-corrected chi connectivity index (χ1v) is 12.9. The van der Waals surface area contributed by atoms with E-state index >= 15 is 0 Å². The van der Waals surface area contributed by atoms with Gasteiger partial charge in [0.2, 0.25) is 0 Å². The molecule has 1 aliphatic heterocycles. The van der Waals surface area contributed by atoms with E-state index in [4.69, 9.17) is 5.26 Å². The molecule has 0 unspecified atom stereocenters. The zero-order valence-electron chi connectivity index (χ0n) is 21.7.